The predicted molar refractivity (Wildman–Crippen MR) is 119 cm³/mol. The third kappa shape index (κ3) is 6.09. The van der Waals surface area contributed by atoms with Crippen molar-refractivity contribution < 1.29 is 35.1 Å². The van der Waals surface area contributed by atoms with Gasteiger partial charge in [-0.3, -0.25) is 9.62 Å². The second kappa shape index (κ2) is 9.82. The fourth-order valence-corrected chi connectivity index (χ4v) is 4.85. The van der Waals surface area contributed by atoms with E-state index in [-0.39, 0.29) is 16.3 Å². The normalized spacial score (nSPS) is 14.6. The van der Waals surface area contributed by atoms with E-state index in [2.05, 4.69) is 14.4 Å². The van der Waals surface area contributed by atoms with Gasteiger partial charge < -0.3 is 4.74 Å². The van der Waals surface area contributed by atoms with Crippen LogP contribution in [0.1, 0.15) is 16.7 Å². The second-order valence-electron chi connectivity index (χ2n) is 8.11. The van der Waals surface area contributed by atoms with Gasteiger partial charge in [0, 0.05) is 25.3 Å². The van der Waals surface area contributed by atoms with E-state index in [1.165, 1.54) is 54.6 Å². The fourth-order valence-electron chi connectivity index (χ4n) is 3.74. The molecule has 0 saturated heterocycles. The molecule has 3 aromatic carbocycles. The molecule has 35 heavy (non-hydrogen) atoms. The van der Waals surface area contributed by atoms with Crippen LogP contribution in [0.5, 0.6) is 5.75 Å². The van der Waals surface area contributed by atoms with Crippen molar-refractivity contribution in [1.29, 1.82) is 0 Å². The van der Waals surface area contributed by atoms with Gasteiger partial charge >= 0.3 is 12.5 Å². The Bertz CT molecular complexity index is 1280. The van der Waals surface area contributed by atoms with E-state index < -0.39 is 28.4 Å². The van der Waals surface area contributed by atoms with Crippen LogP contribution in [0.25, 0.3) is 0 Å². The summed E-state index contributed by atoms with van der Waals surface area (Å²) < 4.78 is 95.6. The molecule has 0 atom stereocenters. The van der Waals surface area contributed by atoms with Crippen LogP contribution in [0.15, 0.2) is 71.6 Å². The minimum Gasteiger partial charge on any atom is -0.428 e. The molecule has 0 unspecified atom stereocenters. The Morgan fingerprint density at radius 2 is 1.66 bits per heavy atom. The lowest BCUT2D eigenvalue weighted by molar-refractivity contribution is -0.253. The molecule has 0 aromatic heterocycles. The van der Waals surface area contributed by atoms with Crippen LogP contribution in [0.2, 0.25) is 0 Å². The number of rotatable bonds is 8. The predicted octanol–water partition coefficient (Wildman–Crippen LogP) is 5.42. The van der Waals surface area contributed by atoms with Gasteiger partial charge in [-0.05, 0) is 71.6 Å². The first-order chi connectivity index (χ1) is 16.5. The molecule has 5 nitrogen and oxygen atoms in total. The van der Waals surface area contributed by atoms with E-state index in [1.807, 2.05) is 0 Å². The van der Waals surface area contributed by atoms with E-state index in [1.54, 1.807) is 12.1 Å². The Balaban J connectivity index is 1.39. The van der Waals surface area contributed by atoms with Gasteiger partial charge in [0.05, 0.1) is 4.90 Å². The first-order valence-electron chi connectivity index (χ1n) is 10.6. The van der Waals surface area contributed by atoms with Crippen molar-refractivity contribution in [3.05, 3.63) is 89.2 Å². The van der Waals surface area contributed by atoms with Crippen molar-refractivity contribution in [3.63, 3.8) is 0 Å². The average molecular weight is 513 g/mol. The summed E-state index contributed by atoms with van der Waals surface area (Å²) in [6.45, 7) is 1.66. The third-order valence-corrected chi connectivity index (χ3v) is 6.89. The molecule has 0 saturated carbocycles. The molecule has 0 radical (unpaired) electrons. The molecule has 0 spiro atoms. The van der Waals surface area contributed by atoms with E-state index >= 15 is 0 Å². The number of hydrogen-bond acceptors (Lipinski definition) is 4. The topological polar surface area (TPSA) is 58.6 Å². The van der Waals surface area contributed by atoms with Crippen molar-refractivity contribution >= 4 is 15.7 Å². The Morgan fingerprint density at radius 3 is 2.31 bits per heavy atom. The number of ether oxygens (including phenoxy) is 1. The number of nitrogens with zero attached hydrogens (tertiary/aromatic N) is 1. The highest BCUT2D eigenvalue weighted by atomic mass is 32.2. The molecule has 1 aliphatic heterocycles. The van der Waals surface area contributed by atoms with Crippen molar-refractivity contribution in [2.45, 2.75) is 36.9 Å². The first kappa shape index (κ1) is 24.9. The van der Waals surface area contributed by atoms with Crippen molar-refractivity contribution in [1.82, 2.24) is 4.90 Å². The molecule has 0 aliphatic carbocycles. The minimum absolute atomic E-state index is 0.102. The maximum atomic E-state index is 13.1. The summed E-state index contributed by atoms with van der Waals surface area (Å²) >= 11 is 0. The number of anilines is 1. The summed E-state index contributed by atoms with van der Waals surface area (Å²) in [5.41, 5.74) is 2.88. The van der Waals surface area contributed by atoms with Crippen LogP contribution < -0.4 is 9.46 Å². The molecule has 0 amide bonds. The first-order valence-corrected chi connectivity index (χ1v) is 12.1. The summed E-state index contributed by atoms with van der Waals surface area (Å²) in [4.78, 5) is 2.20. The number of alkyl halides is 4. The smallest absolute Gasteiger partial charge is 0.428 e. The molecule has 186 valence electrons. The standard InChI is InChI=1S/C24H21F5N2O3S/c25-19-4-6-20(7-5-19)30-35(32,33)22-10-3-18-15-31(12-11-17(18)13-22)14-16-1-8-21(9-2-16)34-24(28,29)23(26)27/h1-10,13,23,30H,11-12,14-15H2. The summed E-state index contributed by atoms with van der Waals surface area (Å²) in [5, 5.41) is 0. The Labute approximate surface area is 199 Å². The minimum atomic E-state index is -4.56. The van der Waals surface area contributed by atoms with Crippen molar-refractivity contribution in [2.24, 2.45) is 0 Å². The molecule has 4 rings (SSSR count). The number of halogens is 5. The number of hydrogen-bond donors (Lipinski definition) is 1. The summed E-state index contributed by atoms with van der Waals surface area (Å²) in [7, 11) is -3.84. The van der Waals surface area contributed by atoms with Crippen molar-refractivity contribution in [3.8, 4) is 5.75 Å². The van der Waals surface area contributed by atoms with E-state index in [0.717, 1.165) is 16.7 Å². The van der Waals surface area contributed by atoms with E-state index in [9.17, 15) is 30.4 Å². The van der Waals surface area contributed by atoms with Crippen LogP contribution >= 0.6 is 0 Å². The molecule has 1 N–H and O–H groups in total. The lowest BCUT2D eigenvalue weighted by Gasteiger charge is -2.29. The molecular weight excluding hydrogens is 491 g/mol. The lowest BCUT2D eigenvalue weighted by atomic mass is 9.99. The van der Waals surface area contributed by atoms with Gasteiger partial charge in [0.15, 0.2) is 0 Å². The number of nitrogens with one attached hydrogen (secondary N) is 1. The van der Waals surface area contributed by atoms with Crippen LogP contribution in [0.3, 0.4) is 0 Å². The van der Waals surface area contributed by atoms with E-state index in [4.69, 9.17) is 0 Å². The molecular formula is C24H21F5N2O3S. The quantitative estimate of drug-likeness (QED) is 0.410. The van der Waals surface area contributed by atoms with Gasteiger partial charge in [0.2, 0.25) is 0 Å². The van der Waals surface area contributed by atoms with Crippen LogP contribution in [0, 0.1) is 5.82 Å². The highest BCUT2D eigenvalue weighted by Gasteiger charge is 2.43. The molecule has 11 heteroatoms. The summed E-state index contributed by atoms with van der Waals surface area (Å²) in [6.07, 6.45) is -7.89. The van der Waals surface area contributed by atoms with Gasteiger partial charge in [0.1, 0.15) is 11.6 Å². The highest BCUT2D eigenvalue weighted by Crippen LogP contribution is 2.29. The monoisotopic (exact) mass is 512 g/mol. The maximum Gasteiger partial charge on any atom is 0.461 e. The third-order valence-electron chi connectivity index (χ3n) is 5.51. The molecule has 0 bridgehead atoms. The average Bonchev–Trinajstić information content (AvgIpc) is 2.81. The summed E-state index contributed by atoms with van der Waals surface area (Å²) in [6, 6.07) is 15.4. The van der Waals surface area contributed by atoms with Crippen molar-refractivity contribution in [2.75, 3.05) is 11.3 Å². The Hall–Kier alpha value is -3.18. The largest absolute Gasteiger partial charge is 0.461 e. The SMILES string of the molecule is O=S(=O)(Nc1ccc(F)cc1)c1ccc2c(c1)CCN(Cc1ccc(OC(F)(F)C(F)F)cc1)C2. The van der Waals surface area contributed by atoms with Gasteiger partial charge in [0.25, 0.3) is 10.0 Å². The van der Waals surface area contributed by atoms with E-state index in [0.29, 0.717) is 26.1 Å². The molecule has 0 fully saturated rings. The van der Waals surface area contributed by atoms with Gasteiger partial charge in [-0.15, -0.1) is 0 Å². The fraction of sp³-hybridized carbons (Fsp3) is 0.250. The molecule has 1 aliphatic rings. The van der Waals surface area contributed by atoms with Crippen LogP contribution in [-0.2, 0) is 29.5 Å². The van der Waals surface area contributed by atoms with Crippen LogP contribution in [0.4, 0.5) is 27.6 Å². The Morgan fingerprint density at radius 1 is 0.971 bits per heavy atom. The Kier molecular flexibility index (Phi) is 7.00. The zero-order valence-electron chi connectivity index (χ0n) is 18.2. The zero-order chi connectivity index (χ0) is 25.2. The van der Waals surface area contributed by atoms with Gasteiger partial charge in [-0.25, -0.2) is 12.8 Å². The van der Waals surface area contributed by atoms with Gasteiger partial charge in [-0.1, -0.05) is 18.2 Å². The second-order valence-corrected chi connectivity index (χ2v) is 9.79. The number of fused-ring (bicyclic) bond motifs is 1. The number of benzene rings is 3. The highest BCUT2D eigenvalue weighted by molar-refractivity contribution is 7.92. The van der Waals surface area contributed by atoms with Gasteiger partial charge in [-0.2, -0.15) is 17.6 Å². The molecule has 3 aromatic rings. The zero-order valence-corrected chi connectivity index (χ0v) is 19.0. The van der Waals surface area contributed by atoms with Crippen LogP contribution in [-0.4, -0.2) is 32.4 Å². The number of sulfonamides is 1. The molecule has 1 heterocycles. The summed E-state index contributed by atoms with van der Waals surface area (Å²) in [5.74, 6) is -0.824. The maximum absolute atomic E-state index is 13.1. The lowest BCUT2D eigenvalue weighted by Crippen LogP contribution is -2.33.